The molecular weight excluding hydrogens is 378 g/mol. The molecule has 5 nitrogen and oxygen atoms in total. The second kappa shape index (κ2) is 8.11. The number of likely N-dealkylation sites (tertiary alicyclic amines) is 1. The van der Waals surface area contributed by atoms with Gasteiger partial charge in [0.05, 0.1) is 6.61 Å². The van der Waals surface area contributed by atoms with E-state index in [4.69, 9.17) is 4.74 Å². The molecule has 1 aliphatic carbocycles. The lowest BCUT2D eigenvalue weighted by atomic mass is 10.0. The van der Waals surface area contributed by atoms with Crippen molar-refractivity contribution < 1.29 is 23.1 Å². The van der Waals surface area contributed by atoms with E-state index in [0.717, 1.165) is 39.6 Å². The Labute approximate surface area is 169 Å². The maximum absolute atomic E-state index is 13.4. The molecule has 0 bridgehead atoms. The van der Waals surface area contributed by atoms with Gasteiger partial charge in [0.2, 0.25) is 5.91 Å². The largest absolute Gasteiger partial charge is 0.380 e. The summed E-state index contributed by atoms with van der Waals surface area (Å²) in [6, 6.07) is 6.15. The molecule has 29 heavy (non-hydrogen) atoms. The molecule has 1 aromatic rings. The Bertz CT molecular complexity index is 762. The van der Waals surface area contributed by atoms with Crippen LogP contribution >= 0.6 is 0 Å². The Morgan fingerprint density at radius 2 is 2.00 bits per heavy atom. The molecule has 0 spiro atoms. The highest BCUT2D eigenvalue weighted by Crippen LogP contribution is 2.53. The number of fused-ring (bicyclic) bond motifs is 1. The number of hydrogen-bond acceptors (Lipinski definition) is 4. The highest BCUT2D eigenvalue weighted by atomic mass is 19.3. The number of amides is 1. The van der Waals surface area contributed by atoms with Crippen molar-refractivity contribution in [3.63, 3.8) is 0 Å². The zero-order valence-corrected chi connectivity index (χ0v) is 16.7. The van der Waals surface area contributed by atoms with Crippen LogP contribution in [-0.4, -0.2) is 48.9 Å². The molecule has 1 N–H and O–H groups in total. The molecular formula is C22H28F2N2O3. The molecule has 1 amide bonds. The van der Waals surface area contributed by atoms with Gasteiger partial charge in [-0.2, -0.15) is 0 Å². The van der Waals surface area contributed by atoms with Gasteiger partial charge in [-0.1, -0.05) is 12.1 Å². The van der Waals surface area contributed by atoms with Gasteiger partial charge in [0, 0.05) is 62.7 Å². The Kier molecular flexibility index (Phi) is 5.71. The van der Waals surface area contributed by atoms with Gasteiger partial charge >= 0.3 is 0 Å². The SMILES string of the molecule is CC(F)(F)c1cccc(NC(=O)CCC(=O)C2[C@H]3CN(C4CCCOC4)C[C@@H]23)c1. The number of Topliss-reactive ketones (excluding diaryl/α,β-unsaturated/α-hetero) is 1. The zero-order valence-electron chi connectivity index (χ0n) is 16.7. The highest BCUT2D eigenvalue weighted by molar-refractivity contribution is 5.94. The van der Waals surface area contributed by atoms with Crippen molar-refractivity contribution in [3.8, 4) is 0 Å². The van der Waals surface area contributed by atoms with Crippen molar-refractivity contribution >= 4 is 17.4 Å². The molecule has 2 saturated heterocycles. The number of anilines is 1. The van der Waals surface area contributed by atoms with Crippen LogP contribution in [0, 0.1) is 17.8 Å². The summed E-state index contributed by atoms with van der Waals surface area (Å²) < 4.78 is 32.4. The highest BCUT2D eigenvalue weighted by Gasteiger charge is 2.59. The van der Waals surface area contributed by atoms with Crippen molar-refractivity contribution in [2.75, 3.05) is 31.6 Å². The molecule has 4 rings (SSSR count). The Morgan fingerprint density at radius 3 is 2.66 bits per heavy atom. The summed E-state index contributed by atoms with van der Waals surface area (Å²) in [4.78, 5) is 27.1. The number of piperidine rings is 1. The first kappa shape index (κ1) is 20.4. The van der Waals surface area contributed by atoms with E-state index in [9.17, 15) is 18.4 Å². The molecule has 3 fully saturated rings. The number of hydrogen-bond donors (Lipinski definition) is 1. The number of ether oxygens (including phenoxy) is 1. The van der Waals surface area contributed by atoms with Crippen molar-refractivity contribution in [1.29, 1.82) is 0 Å². The van der Waals surface area contributed by atoms with Gasteiger partial charge in [-0.3, -0.25) is 14.5 Å². The van der Waals surface area contributed by atoms with Gasteiger partial charge in [0.1, 0.15) is 5.78 Å². The summed E-state index contributed by atoms with van der Waals surface area (Å²) in [7, 11) is 0. The number of nitrogens with zero attached hydrogens (tertiary/aromatic N) is 1. The van der Waals surface area contributed by atoms with Crippen LogP contribution < -0.4 is 5.32 Å². The quantitative estimate of drug-likeness (QED) is 0.754. The predicted molar refractivity (Wildman–Crippen MR) is 105 cm³/mol. The number of ketones is 1. The van der Waals surface area contributed by atoms with Crippen LogP contribution in [0.3, 0.4) is 0 Å². The maximum atomic E-state index is 13.4. The molecule has 2 unspecified atom stereocenters. The van der Waals surface area contributed by atoms with Crippen LogP contribution in [0.15, 0.2) is 24.3 Å². The number of benzene rings is 1. The predicted octanol–water partition coefficient (Wildman–Crippen LogP) is 3.44. The Hall–Kier alpha value is -1.86. The van der Waals surface area contributed by atoms with Crippen molar-refractivity contribution in [1.82, 2.24) is 4.90 Å². The van der Waals surface area contributed by atoms with Gasteiger partial charge in [-0.15, -0.1) is 0 Å². The van der Waals surface area contributed by atoms with E-state index in [0.29, 0.717) is 23.6 Å². The summed E-state index contributed by atoms with van der Waals surface area (Å²) in [5.74, 6) is -2.18. The minimum atomic E-state index is -2.96. The molecule has 4 atom stereocenters. The second-order valence-electron chi connectivity index (χ2n) is 8.66. The van der Waals surface area contributed by atoms with Gasteiger partial charge < -0.3 is 10.1 Å². The van der Waals surface area contributed by atoms with Crippen LogP contribution in [0.1, 0.15) is 38.2 Å². The topological polar surface area (TPSA) is 58.6 Å². The molecule has 1 saturated carbocycles. The summed E-state index contributed by atoms with van der Waals surface area (Å²) in [5, 5.41) is 2.62. The van der Waals surface area contributed by atoms with E-state index < -0.39 is 5.92 Å². The number of halogens is 2. The number of carbonyl (C=O) groups excluding carboxylic acids is 2. The van der Waals surface area contributed by atoms with E-state index in [1.807, 2.05) is 0 Å². The van der Waals surface area contributed by atoms with Crippen LogP contribution in [0.2, 0.25) is 0 Å². The lowest BCUT2D eigenvalue weighted by molar-refractivity contribution is -0.124. The van der Waals surface area contributed by atoms with Crippen LogP contribution in [0.4, 0.5) is 14.5 Å². The molecule has 1 aromatic carbocycles. The molecule has 7 heteroatoms. The van der Waals surface area contributed by atoms with Gasteiger partial charge in [0.25, 0.3) is 5.92 Å². The van der Waals surface area contributed by atoms with Crippen molar-refractivity contribution in [2.24, 2.45) is 17.8 Å². The monoisotopic (exact) mass is 406 g/mol. The Balaban J connectivity index is 1.21. The van der Waals surface area contributed by atoms with Crippen molar-refractivity contribution in [2.45, 2.75) is 44.6 Å². The lowest BCUT2D eigenvalue weighted by Gasteiger charge is -2.32. The van der Waals surface area contributed by atoms with Gasteiger partial charge in [0.15, 0.2) is 0 Å². The molecule has 0 radical (unpaired) electrons. The van der Waals surface area contributed by atoms with Crippen LogP contribution in [0.5, 0.6) is 0 Å². The summed E-state index contributed by atoms with van der Waals surface area (Å²) >= 11 is 0. The fraction of sp³-hybridized carbons (Fsp3) is 0.636. The fourth-order valence-corrected chi connectivity index (χ4v) is 4.84. The third kappa shape index (κ3) is 4.67. The minimum absolute atomic E-state index is 0.0850. The average Bonchev–Trinajstić information content (AvgIpc) is 3.20. The van der Waals surface area contributed by atoms with E-state index >= 15 is 0 Å². The fourth-order valence-electron chi connectivity index (χ4n) is 4.84. The minimum Gasteiger partial charge on any atom is -0.380 e. The standard InChI is InChI=1S/C22H28F2N2O3/c1-22(23,24)14-4-2-5-15(10-14)25-20(28)8-7-19(27)21-17-11-26(12-18(17)21)16-6-3-9-29-13-16/h2,4-5,10,16-18,21H,3,6-9,11-13H2,1H3,(H,25,28)/t16?,17-,18+,21?. The summed E-state index contributed by atoms with van der Waals surface area (Å²) in [6.07, 6.45) is 2.57. The van der Waals surface area contributed by atoms with E-state index in [2.05, 4.69) is 10.2 Å². The number of carbonyl (C=O) groups is 2. The smallest absolute Gasteiger partial charge is 0.270 e. The first-order chi connectivity index (χ1) is 13.8. The third-order valence-electron chi connectivity index (χ3n) is 6.50. The summed E-state index contributed by atoms with van der Waals surface area (Å²) in [5.41, 5.74) is 0.181. The molecule has 2 heterocycles. The van der Waals surface area contributed by atoms with Gasteiger partial charge in [-0.05, 0) is 36.8 Å². The van der Waals surface area contributed by atoms with Crippen molar-refractivity contribution in [3.05, 3.63) is 29.8 Å². The van der Waals surface area contributed by atoms with E-state index in [1.54, 1.807) is 6.07 Å². The normalized spacial score (nSPS) is 29.3. The Morgan fingerprint density at radius 1 is 1.24 bits per heavy atom. The molecule has 158 valence electrons. The lowest BCUT2D eigenvalue weighted by Crippen LogP contribution is -2.41. The number of rotatable bonds is 7. The first-order valence-corrected chi connectivity index (χ1v) is 10.5. The molecule has 3 aliphatic rings. The number of alkyl halides is 2. The number of nitrogens with one attached hydrogen (secondary N) is 1. The van der Waals surface area contributed by atoms with Crippen LogP contribution in [-0.2, 0) is 20.2 Å². The first-order valence-electron chi connectivity index (χ1n) is 10.5. The third-order valence-corrected chi connectivity index (χ3v) is 6.50. The zero-order chi connectivity index (χ0) is 20.6. The van der Waals surface area contributed by atoms with Gasteiger partial charge in [-0.25, -0.2) is 8.78 Å². The van der Waals surface area contributed by atoms with Crippen LogP contribution in [0.25, 0.3) is 0 Å². The maximum Gasteiger partial charge on any atom is 0.270 e. The van der Waals surface area contributed by atoms with E-state index in [1.165, 1.54) is 24.6 Å². The summed E-state index contributed by atoms with van der Waals surface area (Å²) in [6.45, 7) is 4.38. The van der Waals surface area contributed by atoms with E-state index in [-0.39, 0.29) is 36.0 Å². The average molecular weight is 406 g/mol. The molecule has 2 aliphatic heterocycles. The second-order valence-corrected chi connectivity index (χ2v) is 8.66. The molecule has 0 aromatic heterocycles.